The highest BCUT2D eigenvalue weighted by Gasteiger charge is 2.31. The molecule has 8 heteroatoms. The highest BCUT2D eigenvalue weighted by atomic mass is 35.5. The van der Waals surface area contributed by atoms with E-state index in [9.17, 15) is 13.2 Å². The quantitative estimate of drug-likeness (QED) is 0.667. The zero-order chi connectivity index (χ0) is 20.7. The third-order valence-electron chi connectivity index (χ3n) is 4.09. The Morgan fingerprint density at radius 1 is 1.18 bits per heavy atom. The van der Waals surface area contributed by atoms with Gasteiger partial charge in [0.05, 0.1) is 18.6 Å². The smallest absolute Gasteiger partial charge is 0.244 e. The maximum atomic E-state index is 12.8. The van der Waals surface area contributed by atoms with Gasteiger partial charge < -0.3 is 10.1 Å². The average Bonchev–Trinajstić information content (AvgIpc) is 2.64. The summed E-state index contributed by atoms with van der Waals surface area (Å²) in [6, 6.07) is 13.0. The number of carbonyl (C=O) groups is 1. The van der Waals surface area contributed by atoms with E-state index in [1.807, 2.05) is 31.2 Å². The van der Waals surface area contributed by atoms with Crippen LogP contribution in [0.4, 0.5) is 5.69 Å². The van der Waals surface area contributed by atoms with Gasteiger partial charge in [0.2, 0.25) is 15.9 Å². The first-order chi connectivity index (χ1) is 13.3. The van der Waals surface area contributed by atoms with Crippen LogP contribution in [0.5, 0.6) is 5.75 Å². The van der Waals surface area contributed by atoms with Crippen molar-refractivity contribution in [1.82, 2.24) is 5.32 Å². The molecule has 1 amide bonds. The lowest BCUT2D eigenvalue weighted by Gasteiger charge is -2.30. The van der Waals surface area contributed by atoms with Crippen molar-refractivity contribution in [3.63, 3.8) is 0 Å². The Hall–Kier alpha value is -2.25. The zero-order valence-corrected chi connectivity index (χ0v) is 17.8. The standard InChI is InChI=1S/C20H25ClN2O4S/c1-4-19(23(28(3,25)26)17-8-6-7-16(21)13-17)20(24)22-14-15-9-11-18(12-10-15)27-5-2/h6-13,19H,4-5,14H2,1-3H3,(H,22,24)/t19-/m1/s1. The maximum Gasteiger partial charge on any atom is 0.244 e. The van der Waals surface area contributed by atoms with Crippen LogP contribution in [-0.4, -0.2) is 33.2 Å². The number of sulfonamides is 1. The number of nitrogens with one attached hydrogen (secondary N) is 1. The van der Waals surface area contributed by atoms with Crippen LogP contribution in [0.15, 0.2) is 48.5 Å². The van der Waals surface area contributed by atoms with Crippen LogP contribution in [0.1, 0.15) is 25.8 Å². The van der Waals surface area contributed by atoms with Crippen LogP contribution < -0.4 is 14.4 Å². The monoisotopic (exact) mass is 424 g/mol. The molecule has 1 N–H and O–H groups in total. The van der Waals surface area contributed by atoms with Crippen molar-refractivity contribution in [2.75, 3.05) is 17.2 Å². The molecule has 28 heavy (non-hydrogen) atoms. The third kappa shape index (κ3) is 5.87. The number of rotatable bonds is 9. The summed E-state index contributed by atoms with van der Waals surface area (Å²) in [5.74, 6) is 0.384. The van der Waals surface area contributed by atoms with Gasteiger partial charge in [-0.2, -0.15) is 0 Å². The van der Waals surface area contributed by atoms with E-state index in [1.165, 1.54) is 6.07 Å². The van der Waals surface area contributed by atoms with E-state index in [1.54, 1.807) is 25.1 Å². The minimum absolute atomic E-state index is 0.287. The van der Waals surface area contributed by atoms with Crippen molar-refractivity contribution in [1.29, 1.82) is 0 Å². The number of benzene rings is 2. The third-order valence-corrected chi connectivity index (χ3v) is 5.51. The predicted octanol–water partition coefficient (Wildman–Crippen LogP) is 3.60. The van der Waals surface area contributed by atoms with E-state index in [0.717, 1.165) is 21.9 Å². The topological polar surface area (TPSA) is 75.7 Å². The summed E-state index contributed by atoms with van der Waals surface area (Å²) in [7, 11) is -3.69. The van der Waals surface area contributed by atoms with Gasteiger partial charge in [-0.1, -0.05) is 36.7 Å². The molecule has 6 nitrogen and oxygen atoms in total. The van der Waals surface area contributed by atoms with Gasteiger partial charge in [0.25, 0.3) is 0 Å². The molecule has 0 aromatic heterocycles. The molecule has 0 fully saturated rings. The predicted molar refractivity (Wildman–Crippen MR) is 112 cm³/mol. The average molecular weight is 425 g/mol. The largest absolute Gasteiger partial charge is 0.494 e. The summed E-state index contributed by atoms with van der Waals surface area (Å²) in [5.41, 5.74) is 1.25. The molecule has 2 aromatic rings. The molecule has 0 radical (unpaired) electrons. The lowest BCUT2D eigenvalue weighted by molar-refractivity contribution is -0.122. The van der Waals surface area contributed by atoms with Crippen molar-refractivity contribution >= 4 is 33.2 Å². The summed E-state index contributed by atoms with van der Waals surface area (Å²) >= 11 is 6.01. The van der Waals surface area contributed by atoms with Crippen LogP contribution >= 0.6 is 11.6 Å². The Labute approximate surface area is 171 Å². The van der Waals surface area contributed by atoms with Crippen LogP contribution in [0, 0.1) is 0 Å². The van der Waals surface area contributed by atoms with Gasteiger partial charge in [0.1, 0.15) is 11.8 Å². The Kier molecular flexibility index (Phi) is 7.71. The van der Waals surface area contributed by atoms with E-state index < -0.39 is 16.1 Å². The molecule has 0 heterocycles. The Morgan fingerprint density at radius 3 is 2.39 bits per heavy atom. The molecule has 0 aliphatic rings. The lowest BCUT2D eigenvalue weighted by Crippen LogP contribution is -2.49. The van der Waals surface area contributed by atoms with Crippen molar-refractivity contribution in [2.24, 2.45) is 0 Å². The van der Waals surface area contributed by atoms with Crippen molar-refractivity contribution in [3.05, 3.63) is 59.1 Å². The lowest BCUT2D eigenvalue weighted by atomic mass is 10.1. The number of halogens is 1. The minimum atomic E-state index is -3.69. The second-order valence-electron chi connectivity index (χ2n) is 6.26. The SMILES string of the molecule is CCOc1ccc(CNC(=O)[C@@H](CC)N(c2cccc(Cl)c2)S(C)(=O)=O)cc1. The summed E-state index contributed by atoms with van der Waals surface area (Å²) in [4.78, 5) is 12.8. The Morgan fingerprint density at radius 2 is 1.86 bits per heavy atom. The second kappa shape index (κ2) is 9.80. The normalized spacial score (nSPS) is 12.3. The van der Waals surface area contributed by atoms with Crippen LogP contribution in [0.3, 0.4) is 0 Å². The van der Waals surface area contributed by atoms with Crippen molar-refractivity contribution in [2.45, 2.75) is 32.9 Å². The molecule has 0 saturated carbocycles. The Balaban J connectivity index is 2.17. The zero-order valence-electron chi connectivity index (χ0n) is 16.2. The number of anilines is 1. The van der Waals surface area contributed by atoms with Gasteiger partial charge in [-0.15, -0.1) is 0 Å². The van der Waals surface area contributed by atoms with Gasteiger partial charge in [-0.25, -0.2) is 8.42 Å². The summed E-state index contributed by atoms with van der Waals surface area (Å²) in [6.07, 6.45) is 1.39. The molecular formula is C20H25ClN2O4S. The van der Waals surface area contributed by atoms with Crippen LogP contribution in [-0.2, 0) is 21.4 Å². The number of ether oxygens (including phenoxy) is 1. The molecular weight excluding hydrogens is 400 g/mol. The molecule has 152 valence electrons. The molecule has 0 aliphatic carbocycles. The minimum Gasteiger partial charge on any atom is -0.494 e. The number of hydrogen-bond donors (Lipinski definition) is 1. The van der Waals surface area contributed by atoms with E-state index >= 15 is 0 Å². The fourth-order valence-corrected chi connectivity index (χ4v) is 4.24. The first-order valence-electron chi connectivity index (χ1n) is 9.00. The van der Waals surface area contributed by atoms with Crippen LogP contribution in [0.25, 0.3) is 0 Å². The van der Waals surface area contributed by atoms with Gasteiger partial charge in [0.15, 0.2) is 0 Å². The first-order valence-corrected chi connectivity index (χ1v) is 11.2. The first kappa shape index (κ1) is 22.0. The fourth-order valence-electron chi connectivity index (χ4n) is 2.85. The van der Waals surface area contributed by atoms with Crippen molar-refractivity contribution in [3.8, 4) is 5.75 Å². The fraction of sp³-hybridized carbons (Fsp3) is 0.350. The summed E-state index contributed by atoms with van der Waals surface area (Å²) in [5, 5.41) is 3.22. The molecule has 0 spiro atoms. The molecule has 2 aromatic carbocycles. The van der Waals surface area contributed by atoms with Gasteiger partial charge in [0, 0.05) is 11.6 Å². The molecule has 0 saturated heterocycles. The second-order valence-corrected chi connectivity index (χ2v) is 8.55. The maximum absolute atomic E-state index is 12.8. The van der Waals surface area contributed by atoms with E-state index in [4.69, 9.17) is 16.3 Å². The number of carbonyl (C=O) groups excluding carboxylic acids is 1. The summed E-state index contributed by atoms with van der Waals surface area (Å²) < 4.78 is 31.3. The van der Waals surface area contributed by atoms with Crippen LogP contribution in [0.2, 0.25) is 5.02 Å². The molecule has 0 aliphatic heterocycles. The highest BCUT2D eigenvalue weighted by molar-refractivity contribution is 7.92. The summed E-state index contributed by atoms with van der Waals surface area (Å²) in [6.45, 7) is 4.55. The highest BCUT2D eigenvalue weighted by Crippen LogP contribution is 2.25. The molecule has 0 unspecified atom stereocenters. The van der Waals surface area contributed by atoms with Gasteiger partial charge >= 0.3 is 0 Å². The van der Waals surface area contributed by atoms with Gasteiger partial charge in [-0.05, 0) is 49.2 Å². The number of nitrogens with zero attached hydrogens (tertiary/aromatic N) is 1. The number of amides is 1. The van der Waals surface area contributed by atoms with E-state index in [2.05, 4.69) is 5.32 Å². The number of hydrogen-bond acceptors (Lipinski definition) is 4. The van der Waals surface area contributed by atoms with Crippen molar-refractivity contribution < 1.29 is 17.9 Å². The van der Waals surface area contributed by atoms with Gasteiger partial charge in [-0.3, -0.25) is 9.10 Å². The van der Waals surface area contributed by atoms with E-state index in [0.29, 0.717) is 23.7 Å². The molecule has 0 bridgehead atoms. The molecule has 1 atom stereocenters. The van der Waals surface area contributed by atoms with E-state index in [-0.39, 0.29) is 12.5 Å². The molecule has 2 rings (SSSR count). The Bertz CT molecular complexity index is 901.